The second kappa shape index (κ2) is 15.3. The predicted molar refractivity (Wildman–Crippen MR) is 143 cm³/mol. The van der Waals surface area contributed by atoms with Crippen molar-refractivity contribution in [3.63, 3.8) is 0 Å². The Morgan fingerprint density at radius 1 is 0.882 bits per heavy atom. The lowest BCUT2D eigenvalue weighted by molar-refractivity contribution is -0.116. The number of benzene rings is 2. The highest BCUT2D eigenvalue weighted by Gasteiger charge is 2.15. The summed E-state index contributed by atoms with van der Waals surface area (Å²) in [6, 6.07) is 15.5. The number of nitrogens with zero attached hydrogens (tertiary/aromatic N) is 1. The summed E-state index contributed by atoms with van der Waals surface area (Å²) in [7, 11) is 4.11. The quantitative estimate of drug-likeness (QED) is 0.453. The number of unbranched alkanes of at least 4 members (excludes halogenated alkanes) is 1. The van der Waals surface area contributed by atoms with Crippen molar-refractivity contribution in [2.45, 2.75) is 65.2 Å². The van der Waals surface area contributed by atoms with E-state index in [2.05, 4.69) is 43.5 Å². The number of anilines is 1. The Morgan fingerprint density at radius 3 is 1.97 bits per heavy atom. The second-order valence-electron chi connectivity index (χ2n) is 9.42. The van der Waals surface area contributed by atoms with E-state index in [-0.39, 0.29) is 11.8 Å². The van der Waals surface area contributed by atoms with Gasteiger partial charge in [0.1, 0.15) is 0 Å². The number of rotatable bonds is 9. The Labute approximate surface area is 206 Å². The minimum atomic E-state index is 0.00673. The zero-order valence-corrected chi connectivity index (χ0v) is 21.5. The second-order valence-corrected chi connectivity index (χ2v) is 9.42. The van der Waals surface area contributed by atoms with Crippen molar-refractivity contribution in [3.05, 3.63) is 54.1 Å². The number of carbonyl (C=O) groups excluding carboxylic acids is 2. The van der Waals surface area contributed by atoms with Crippen LogP contribution in [0.5, 0.6) is 0 Å². The fourth-order valence-electron chi connectivity index (χ4n) is 3.85. The van der Waals surface area contributed by atoms with E-state index in [9.17, 15) is 9.59 Å². The molecule has 2 amide bonds. The molecule has 3 rings (SSSR count). The summed E-state index contributed by atoms with van der Waals surface area (Å²) in [6.07, 6.45) is 8.85. The molecule has 1 aliphatic rings. The van der Waals surface area contributed by atoms with Crippen molar-refractivity contribution < 1.29 is 9.59 Å². The van der Waals surface area contributed by atoms with E-state index in [1.165, 1.54) is 32.1 Å². The maximum Gasteiger partial charge on any atom is 0.251 e. The molecule has 0 saturated heterocycles. The van der Waals surface area contributed by atoms with Crippen LogP contribution in [0.15, 0.2) is 48.5 Å². The number of carbonyl (C=O) groups is 2. The summed E-state index contributed by atoms with van der Waals surface area (Å²) in [6.45, 7) is 6.12. The Hall–Kier alpha value is -2.66. The van der Waals surface area contributed by atoms with Crippen molar-refractivity contribution >= 4 is 17.5 Å². The number of amides is 2. The van der Waals surface area contributed by atoms with Crippen molar-refractivity contribution in [2.24, 2.45) is 5.92 Å². The van der Waals surface area contributed by atoms with Crippen molar-refractivity contribution in [1.29, 1.82) is 0 Å². The van der Waals surface area contributed by atoms with Crippen LogP contribution in [0.4, 0.5) is 5.69 Å². The molecule has 186 valence electrons. The molecule has 0 radical (unpaired) electrons. The van der Waals surface area contributed by atoms with Crippen LogP contribution in [-0.2, 0) is 4.79 Å². The summed E-state index contributed by atoms with van der Waals surface area (Å²) >= 11 is 0. The van der Waals surface area contributed by atoms with Crippen molar-refractivity contribution in [3.8, 4) is 11.1 Å². The van der Waals surface area contributed by atoms with E-state index < -0.39 is 0 Å². The first-order valence-electron chi connectivity index (χ1n) is 12.9. The summed E-state index contributed by atoms with van der Waals surface area (Å²) in [4.78, 5) is 26.4. The minimum Gasteiger partial charge on any atom is -0.352 e. The van der Waals surface area contributed by atoms with Gasteiger partial charge >= 0.3 is 0 Å². The average Bonchev–Trinajstić information content (AvgIpc) is 2.87. The molecule has 0 aliphatic heterocycles. The molecule has 0 atom stereocenters. The van der Waals surface area contributed by atoms with Crippen LogP contribution in [0.3, 0.4) is 0 Å². The molecular formula is C29H43N3O2. The Morgan fingerprint density at radius 2 is 1.44 bits per heavy atom. The molecule has 2 aromatic rings. The number of hydrogen-bond acceptors (Lipinski definition) is 3. The van der Waals surface area contributed by atoms with E-state index in [4.69, 9.17) is 0 Å². The highest BCUT2D eigenvalue weighted by atomic mass is 16.2. The van der Waals surface area contributed by atoms with Crippen molar-refractivity contribution in [2.75, 3.05) is 32.5 Å². The van der Waals surface area contributed by atoms with Crippen LogP contribution < -0.4 is 10.6 Å². The standard InChI is InChI=1S/C25H32N2O2.C4H11N/c1-2-3-9-24(28)27-23-16-14-21(15-17-23)20-10-12-22(13-11-20)25(29)26-18-19-7-5-4-6-8-19;1-4-5(2)3/h10-17,19H,2-9,18H2,1H3,(H,26,29)(H,27,28);4H2,1-3H3. The molecule has 1 saturated carbocycles. The van der Waals surface area contributed by atoms with Gasteiger partial charge in [-0.25, -0.2) is 0 Å². The van der Waals surface area contributed by atoms with Gasteiger partial charge in [-0.3, -0.25) is 9.59 Å². The molecule has 0 bridgehead atoms. The van der Waals surface area contributed by atoms with Crippen LogP contribution in [-0.4, -0.2) is 43.9 Å². The zero-order chi connectivity index (χ0) is 24.8. The average molecular weight is 466 g/mol. The molecule has 5 heteroatoms. The SMILES string of the molecule is CCCCC(=O)Nc1ccc(-c2ccc(C(=O)NCC3CCCCC3)cc2)cc1.CCN(C)C. The Balaban J connectivity index is 0.000000739. The predicted octanol–water partition coefficient (Wildman–Crippen LogP) is 6.36. The molecule has 34 heavy (non-hydrogen) atoms. The minimum absolute atomic E-state index is 0.00673. The van der Waals surface area contributed by atoms with Crippen molar-refractivity contribution in [1.82, 2.24) is 10.2 Å². The molecule has 0 heterocycles. The van der Waals surface area contributed by atoms with E-state index in [1.807, 2.05) is 48.5 Å². The highest BCUT2D eigenvalue weighted by Crippen LogP contribution is 2.24. The maximum absolute atomic E-state index is 12.4. The number of hydrogen-bond donors (Lipinski definition) is 2. The molecule has 2 N–H and O–H groups in total. The zero-order valence-electron chi connectivity index (χ0n) is 21.5. The van der Waals surface area contributed by atoms with Crippen LogP contribution in [0.25, 0.3) is 11.1 Å². The lowest BCUT2D eigenvalue weighted by Gasteiger charge is -2.21. The third kappa shape index (κ3) is 10.1. The van der Waals surface area contributed by atoms with E-state index in [1.54, 1.807) is 0 Å². The fraction of sp³-hybridized carbons (Fsp3) is 0.517. The van der Waals surface area contributed by atoms with Gasteiger partial charge < -0.3 is 15.5 Å². The molecule has 1 aliphatic carbocycles. The van der Waals surface area contributed by atoms with Crippen LogP contribution >= 0.6 is 0 Å². The van der Waals surface area contributed by atoms with Crippen LogP contribution in [0.2, 0.25) is 0 Å². The largest absolute Gasteiger partial charge is 0.352 e. The van der Waals surface area contributed by atoms with Gasteiger partial charge in [-0.05, 0) is 81.2 Å². The molecule has 0 spiro atoms. The van der Waals surface area contributed by atoms with Crippen LogP contribution in [0.1, 0.15) is 75.6 Å². The summed E-state index contributed by atoms with van der Waals surface area (Å²) in [5.74, 6) is 0.698. The maximum atomic E-state index is 12.4. The molecular weight excluding hydrogens is 422 g/mol. The smallest absolute Gasteiger partial charge is 0.251 e. The fourth-order valence-corrected chi connectivity index (χ4v) is 3.85. The normalized spacial score (nSPS) is 13.7. The number of nitrogens with one attached hydrogen (secondary N) is 2. The molecule has 5 nitrogen and oxygen atoms in total. The monoisotopic (exact) mass is 465 g/mol. The first-order chi connectivity index (χ1) is 16.4. The molecule has 1 fully saturated rings. The molecule has 2 aromatic carbocycles. The lowest BCUT2D eigenvalue weighted by atomic mass is 9.89. The first kappa shape index (κ1) is 27.6. The van der Waals surface area contributed by atoms with Gasteiger partial charge in [0.15, 0.2) is 0 Å². The third-order valence-corrected chi connectivity index (χ3v) is 6.31. The van der Waals surface area contributed by atoms with E-state index in [0.717, 1.165) is 42.7 Å². The van der Waals surface area contributed by atoms with Gasteiger partial charge in [-0.15, -0.1) is 0 Å². The van der Waals surface area contributed by atoms with Gasteiger partial charge in [-0.2, -0.15) is 0 Å². The summed E-state index contributed by atoms with van der Waals surface area (Å²) < 4.78 is 0. The van der Waals surface area contributed by atoms with Gasteiger partial charge in [0.05, 0.1) is 0 Å². The Bertz CT molecular complexity index is 854. The molecule has 0 unspecified atom stereocenters. The van der Waals surface area contributed by atoms with Gasteiger partial charge in [0.25, 0.3) is 5.91 Å². The molecule has 0 aromatic heterocycles. The summed E-state index contributed by atoms with van der Waals surface area (Å²) in [5, 5.41) is 6.02. The summed E-state index contributed by atoms with van der Waals surface area (Å²) in [5.41, 5.74) is 3.63. The Kier molecular flexibility index (Phi) is 12.4. The van der Waals surface area contributed by atoms with Gasteiger partial charge in [0.2, 0.25) is 5.91 Å². The van der Waals surface area contributed by atoms with Gasteiger partial charge in [-0.1, -0.05) is 63.8 Å². The van der Waals surface area contributed by atoms with E-state index >= 15 is 0 Å². The highest BCUT2D eigenvalue weighted by molar-refractivity contribution is 5.94. The van der Waals surface area contributed by atoms with E-state index in [0.29, 0.717) is 17.9 Å². The van der Waals surface area contributed by atoms with Gasteiger partial charge in [0, 0.05) is 24.2 Å². The lowest BCUT2D eigenvalue weighted by Crippen LogP contribution is -2.30. The first-order valence-corrected chi connectivity index (χ1v) is 12.9. The topological polar surface area (TPSA) is 61.4 Å². The van der Waals surface area contributed by atoms with Crippen LogP contribution in [0, 0.1) is 5.92 Å². The third-order valence-electron chi connectivity index (χ3n) is 6.31.